The van der Waals surface area contributed by atoms with E-state index >= 15 is 0 Å². The zero-order valence-electron chi connectivity index (χ0n) is 16.5. The van der Waals surface area contributed by atoms with Gasteiger partial charge in [0.15, 0.2) is 0 Å². The fraction of sp³-hybridized carbons (Fsp3) is 0.524. The lowest BCUT2D eigenvalue weighted by Gasteiger charge is -2.36. The molecular formula is C21H26N2O5. The van der Waals surface area contributed by atoms with Gasteiger partial charge in [0.25, 0.3) is 11.8 Å². The van der Waals surface area contributed by atoms with E-state index in [0.29, 0.717) is 24.0 Å². The van der Waals surface area contributed by atoms with Crippen molar-refractivity contribution < 1.29 is 23.9 Å². The van der Waals surface area contributed by atoms with Crippen LogP contribution < -0.4 is 0 Å². The quantitative estimate of drug-likeness (QED) is 0.573. The molecule has 2 heterocycles. The predicted octanol–water partition coefficient (Wildman–Crippen LogP) is 2.39. The van der Waals surface area contributed by atoms with Gasteiger partial charge in [-0.2, -0.15) is 0 Å². The number of ether oxygens (including phenoxy) is 1. The standard InChI is InChI=1S/C21H26N2O5/c1-4-8-14-9-7-12-17(20(26)22(14)13(2)21(27)28-3)23-18(24)15-10-5-6-11-16(15)19(23)25/h5-6,10-11,13-14,17H,4,7-9,12H2,1-3H3/t13-,14-,17-/m0/s1. The van der Waals surface area contributed by atoms with Crippen LogP contribution in [0.5, 0.6) is 0 Å². The first-order valence-electron chi connectivity index (χ1n) is 9.79. The van der Waals surface area contributed by atoms with E-state index in [0.717, 1.165) is 24.2 Å². The zero-order valence-corrected chi connectivity index (χ0v) is 16.5. The highest BCUT2D eigenvalue weighted by Crippen LogP contribution is 2.31. The fourth-order valence-electron chi connectivity index (χ4n) is 4.30. The van der Waals surface area contributed by atoms with Gasteiger partial charge in [0.1, 0.15) is 12.1 Å². The predicted molar refractivity (Wildman–Crippen MR) is 102 cm³/mol. The Bertz CT molecular complexity index is 771. The number of nitrogens with zero attached hydrogens (tertiary/aromatic N) is 2. The summed E-state index contributed by atoms with van der Waals surface area (Å²) in [6.45, 7) is 3.66. The molecule has 1 fully saturated rings. The van der Waals surface area contributed by atoms with Crippen LogP contribution in [0, 0.1) is 0 Å². The molecule has 0 spiro atoms. The van der Waals surface area contributed by atoms with E-state index in [1.165, 1.54) is 12.0 Å². The SMILES string of the molecule is CCC[C@H]1CCC[C@H](N2C(=O)c3ccccc3C2=O)C(=O)N1[C@@H](C)C(=O)OC. The monoisotopic (exact) mass is 386 g/mol. The lowest BCUT2D eigenvalue weighted by atomic mass is 10.0. The van der Waals surface area contributed by atoms with Crippen molar-refractivity contribution in [2.24, 2.45) is 0 Å². The summed E-state index contributed by atoms with van der Waals surface area (Å²) in [5, 5.41) is 0. The molecule has 0 bridgehead atoms. The van der Waals surface area contributed by atoms with Crippen LogP contribution in [0.3, 0.4) is 0 Å². The number of carbonyl (C=O) groups is 4. The number of hydrogen-bond acceptors (Lipinski definition) is 5. The summed E-state index contributed by atoms with van der Waals surface area (Å²) in [6, 6.07) is 4.81. The summed E-state index contributed by atoms with van der Waals surface area (Å²) in [5.41, 5.74) is 0.643. The minimum Gasteiger partial charge on any atom is -0.467 e. The normalized spacial score (nSPS) is 23.5. The molecule has 1 aromatic carbocycles. The first-order valence-corrected chi connectivity index (χ1v) is 9.79. The maximum absolute atomic E-state index is 13.5. The number of fused-ring (bicyclic) bond motifs is 1. The average Bonchev–Trinajstić information content (AvgIpc) is 2.84. The van der Waals surface area contributed by atoms with Crippen LogP contribution in [0.15, 0.2) is 24.3 Å². The molecule has 0 unspecified atom stereocenters. The van der Waals surface area contributed by atoms with Gasteiger partial charge in [0, 0.05) is 6.04 Å². The van der Waals surface area contributed by atoms with Crippen molar-refractivity contribution in [3.63, 3.8) is 0 Å². The molecule has 3 amide bonds. The van der Waals surface area contributed by atoms with E-state index in [-0.39, 0.29) is 11.9 Å². The van der Waals surface area contributed by atoms with Crippen LogP contribution in [-0.4, -0.2) is 58.7 Å². The van der Waals surface area contributed by atoms with E-state index in [9.17, 15) is 19.2 Å². The molecule has 0 N–H and O–H groups in total. The van der Waals surface area contributed by atoms with Gasteiger partial charge >= 0.3 is 5.97 Å². The Labute approximate surface area is 164 Å². The van der Waals surface area contributed by atoms with Gasteiger partial charge in [-0.1, -0.05) is 25.5 Å². The number of likely N-dealkylation sites (tertiary alicyclic amines) is 1. The van der Waals surface area contributed by atoms with Gasteiger partial charge < -0.3 is 9.64 Å². The molecule has 0 aromatic heterocycles. The van der Waals surface area contributed by atoms with Crippen molar-refractivity contribution in [3.05, 3.63) is 35.4 Å². The van der Waals surface area contributed by atoms with Crippen LogP contribution in [0.25, 0.3) is 0 Å². The summed E-state index contributed by atoms with van der Waals surface area (Å²) >= 11 is 0. The molecule has 2 aliphatic heterocycles. The molecule has 3 atom stereocenters. The van der Waals surface area contributed by atoms with Gasteiger partial charge in [-0.3, -0.25) is 19.3 Å². The van der Waals surface area contributed by atoms with Crippen molar-refractivity contribution in [2.75, 3.05) is 7.11 Å². The third-order valence-electron chi connectivity index (χ3n) is 5.67. The van der Waals surface area contributed by atoms with Gasteiger partial charge in [0.05, 0.1) is 18.2 Å². The second kappa shape index (κ2) is 8.12. The third-order valence-corrected chi connectivity index (χ3v) is 5.67. The van der Waals surface area contributed by atoms with Crippen molar-refractivity contribution in [1.82, 2.24) is 9.80 Å². The zero-order chi connectivity index (χ0) is 20.4. The lowest BCUT2D eigenvalue weighted by molar-refractivity contribution is -0.155. The summed E-state index contributed by atoms with van der Waals surface area (Å²) in [7, 11) is 1.29. The molecule has 0 saturated carbocycles. The first kappa shape index (κ1) is 20.0. The maximum atomic E-state index is 13.5. The van der Waals surface area contributed by atoms with Crippen LogP contribution >= 0.6 is 0 Å². The van der Waals surface area contributed by atoms with Crippen LogP contribution in [-0.2, 0) is 14.3 Å². The average molecular weight is 386 g/mol. The maximum Gasteiger partial charge on any atom is 0.328 e. The van der Waals surface area contributed by atoms with E-state index < -0.39 is 29.9 Å². The number of hydrogen-bond donors (Lipinski definition) is 0. The van der Waals surface area contributed by atoms with E-state index in [2.05, 4.69) is 0 Å². The highest BCUT2D eigenvalue weighted by atomic mass is 16.5. The Balaban J connectivity index is 1.96. The highest BCUT2D eigenvalue weighted by molar-refractivity contribution is 6.22. The third kappa shape index (κ3) is 3.30. The molecule has 1 aromatic rings. The van der Waals surface area contributed by atoms with Crippen molar-refractivity contribution in [1.29, 1.82) is 0 Å². The van der Waals surface area contributed by atoms with E-state index in [1.54, 1.807) is 31.2 Å². The van der Waals surface area contributed by atoms with Crippen molar-refractivity contribution in [2.45, 2.75) is 64.1 Å². The minimum atomic E-state index is -0.902. The number of amides is 3. The fourth-order valence-corrected chi connectivity index (χ4v) is 4.30. The number of benzene rings is 1. The Morgan fingerprint density at radius 3 is 2.29 bits per heavy atom. The number of esters is 1. The van der Waals surface area contributed by atoms with Crippen LogP contribution in [0.2, 0.25) is 0 Å². The second-order valence-corrected chi connectivity index (χ2v) is 7.36. The minimum absolute atomic E-state index is 0.119. The second-order valence-electron chi connectivity index (χ2n) is 7.36. The Kier molecular flexibility index (Phi) is 5.82. The molecule has 0 radical (unpaired) electrons. The molecule has 7 nitrogen and oxygen atoms in total. The van der Waals surface area contributed by atoms with E-state index in [1.807, 2.05) is 6.92 Å². The van der Waals surface area contributed by atoms with Gasteiger partial charge in [-0.05, 0) is 44.7 Å². The number of methoxy groups -OCH3 is 1. The van der Waals surface area contributed by atoms with E-state index in [4.69, 9.17) is 4.74 Å². The number of imide groups is 1. The molecule has 150 valence electrons. The summed E-state index contributed by atoms with van der Waals surface area (Å²) in [5.74, 6) is -1.75. The largest absolute Gasteiger partial charge is 0.467 e. The van der Waals surface area contributed by atoms with Crippen molar-refractivity contribution >= 4 is 23.7 Å². The smallest absolute Gasteiger partial charge is 0.328 e. The molecule has 7 heteroatoms. The summed E-state index contributed by atoms with van der Waals surface area (Å²) in [4.78, 5) is 54.1. The molecule has 3 rings (SSSR count). The summed E-state index contributed by atoms with van der Waals surface area (Å²) < 4.78 is 4.85. The molecular weight excluding hydrogens is 360 g/mol. The Morgan fingerprint density at radius 2 is 1.75 bits per heavy atom. The lowest BCUT2D eigenvalue weighted by Crippen LogP contribution is -2.56. The molecule has 0 aliphatic carbocycles. The topological polar surface area (TPSA) is 84.0 Å². The molecule has 2 aliphatic rings. The van der Waals surface area contributed by atoms with Gasteiger partial charge in [-0.25, -0.2) is 4.79 Å². The van der Waals surface area contributed by atoms with Gasteiger partial charge in [-0.15, -0.1) is 0 Å². The van der Waals surface area contributed by atoms with Gasteiger partial charge in [0.2, 0.25) is 5.91 Å². The summed E-state index contributed by atoms with van der Waals surface area (Å²) in [6.07, 6.45) is 3.43. The molecule has 1 saturated heterocycles. The highest BCUT2D eigenvalue weighted by Gasteiger charge is 2.47. The Hall–Kier alpha value is -2.70. The number of rotatable bonds is 5. The molecule has 28 heavy (non-hydrogen) atoms. The Morgan fingerprint density at radius 1 is 1.14 bits per heavy atom. The first-order chi connectivity index (χ1) is 13.4. The van der Waals surface area contributed by atoms with Crippen LogP contribution in [0.1, 0.15) is 66.7 Å². The van der Waals surface area contributed by atoms with Crippen LogP contribution in [0.4, 0.5) is 0 Å². The van der Waals surface area contributed by atoms with Crippen molar-refractivity contribution in [3.8, 4) is 0 Å². The number of carbonyl (C=O) groups excluding carboxylic acids is 4.